The summed E-state index contributed by atoms with van der Waals surface area (Å²) in [6.45, 7) is 3.89. The molecule has 0 unspecified atom stereocenters. The molecular formula is C13H19Cl2N3O. The van der Waals surface area contributed by atoms with Crippen molar-refractivity contribution in [1.29, 1.82) is 0 Å². The molecule has 0 radical (unpaired) electrons. The van der Waals surface area contributed by atoms with E-state index in [9.17, 15) is 0 Å². The highest BCUT2D eigenvalue weighted by atomic mass is 35.5. The van der Waals surface area contributed by atoms with Gasteiger partial charge in [0, 0.05) is 37.3 Å². The number of aryl methyl sites for hydroxylation is 1. The Labute approximate surface area is 125 Å². The minimum atomic E-state index is 0. The van der Waals surface area contributed by atoms with Crippen LogP contribution >= 0.6 is 24.8 Å². The van der Waals surface area contributed by atoms with E-state index >= 15 is 0 Å². The molecule has 0 aliphatic carbocycles. The smallest absolute Gasteiger partial charge is 0.126 e. The first kappa shape index (κ1) is 16.1. The van der Waals surface area contributed by atoms with E-state index in [0.29, 0.717) is 0 Å². The molecule has 0 saturated carbocycles. The van der Waals surface area contributed by atoms with E-state index in [0.717, 1.165) is 30.8 Å². The lowest BCUT2D eigenvalue weighted by molar-refractivity contribution is 0.202. The summed E-state index contributed by atoms with van der Waals surface area (Å²) in [6, 6.07) is 4.15. The Balaban J connectivity index is 0.000000902. The fourth-order valence-corrected chi connectivity index (χ4v) is 2.33. The maximum Gasteiger partial charge on any atom is 0.126 e. The minimum absolute atomic E-state index is 0. The molecule has 1 atom stereocenters. The van der Waals surface area contributed by atoms with Gasteiger partial charge in [-0.15, -0.1) is 24.8 Å². The lowest BCUT2D eigenvalue weighted by atomic mass is 10.1. The Kier molecular flexibility index (Phi) is 5.47. The lowest BCUT2D eigenvalue weighted by Gasteiger charge is -2.14. The molecule has 1 N–H and O–H groups in total. The number of aromatic nitrogens is 2. The van der Waals surface area contributed by atoms with Gasteiger partial charge in [0.1, 0.15) is 17.4 Å². The van der Waals surface area contributed by atoms with Crippen LogP contribution in [0.15, 0.2) is 18.3 Å². The molecule has 6 heteroatoms. The molecule has 1 aromatic carbocycles. The van der Waals surface area contributed by atoms with Crippen LogP contribution in [0.2, 0.25) is 0 Å². The van der Waals surface area contributed by atoms with E-state index in [1.165, 1.54) is 10.9 Å². The summed E-state index contributed by atoms with van der Waals surface area (Å²) in [6.07, 6.45) is 3.32. The molecule has 0 spiro atoms. The van der Waals surface area contributed by atoms with Crippen molar-refractivity contribution in [2.45, 2.75) is 26.0 Å². The first-order valence-corrected chi connectivity index (χ1v) is 6.10. The van der Waals surface area contributed by atoms with Gasteiger partial charge in [0.25, 0.3) is 0 Å². The zero-order valence-electron chi connectivity index (χ0n) is 11.0. The molecule has 0 saturated heterocycles. The van der Waals surface area contributed by atoms with E-state index in [2.05, 4.69) is 29.5 Å². The van der Waals surface area contributed by atoms with Crippen molar-refractivity contribution in [2.75, 3.05) is 6.54 Å². The molecule has 1 aliphatic heterocycles. The number of fused-ring (bicyclic) bond motifs is 3. The maximum absolute atomic E-state index is 6.01. The first-order chi connectivity index (χ1) is 8.28. The Morgan fingerprint density at radius 3 is 2.95 bits per heavy atom. The van der Waals surface area contributed by atoms with Gasteiger partial charge in [-0.2, -0.15) is 5.10 Å². The highest BCUT2D eigenvalue weighted by Gasteiger charge is 2.18. The van der Waals surface area contributed by atoms with Gasteiger partial charge in [-0.25, -0.2) is 0 Å². The molecule has 2 heterocycles. The van der Waals surface area contributed by atoms with Gasteiger partial charge in [-0.3, -0.25) is 4.68 Å². The molecule has 0 amide bonds. The third-order valence-electron chi connectivity index (χ3n) is 3.28. The Morgan fingerprint density at radius 2 is 2.21 bits per heavy atom. The predicted octanol–water partition coefficient (Wildman–Crippen LogP) is 2.68. The average Bonchev–Trinajstić information content (AvgIpc) is 2.58. The molecular weight excluding hydrogens is 285 g/mol. The summed E-state index contributed by atoms with van der Waals surface area (Å²) in [7, 11) is 1.95. The molecule has 0 bridgehead atoms. The van der Waals surface area contributed by atoms with Gasteiger partial charge in [0.05, 0.1) is 0 Å². The minimum Gasteiger partial charge on any atom is -0.489 e. The van der Waals surface area contributed by atoms with E-state index in [1.54, 1.807) is 0 Å². The number of ether oxygens (including phenoxy) is 1. The molecule has 1 aromatic heterocycles. The van der Waals surface area contributed by atoms with Crippen molar-refractivity contribution in [3.63, 3.8) is 0 Å². The maximum atomic E-state index is 6.01. The molecule has 1 aliphatic rings. The molecule has 2 aromatic rings. The highest BCUT2D eigenvalue weighted by Crippen LogP contribution is 2.29. The average molecular weight is 304 g/mol. The normalized spacial score (nSPS) is 17.7. The SMILES string of the molecule is CC[C@@H]1CNCc2c(ccc3cn(C)nc23)O1.Cl.Cl. The van der Waals surface area contributed by atoms with Gasteiger partial charge in [0.2, 0.25) is 0 Å². The van der Waals surface area contributed by atoms with Crippen LogP contribution in [0.25, 0.3) is 10.9 Å². The van der Waals surface area contributed by atoms with Crippen LogP contribution in [-0.2, 0) is 13.6 Å². The van der Waals surface area contributed by atoms with Gasteiger partial charge in [-0.05, 0) is 18.6 Å². The predicted molar refractivity (Wildman–Crippen MR) is 81.6 cm³/mol. The van der Waals surface area contributed by atoms with Crippen molar-refractivity contribution in [3.8, 4) is 5.75 Å². The quantitative estimate of drug-likeness (QED) is 0.880. The number of hydrogen-bond acceptors (Lipinski definition) is 3. The van der Waals surface area contributed by atoms with Crippen molar-refractivity contribution in [1.82, 2.24) is 15.1 Å². The molecule has 0 fully saturated rings. The fraction of sp³-hybridized carbons (Fsp3) is 0.462. The summed E-state index contributed by atoms with van der Waals surface area (Å²) < 4.78 is 7.87. The van der Waals surface area contributed by atoms with Crippen molar-refractivity contribution >= 4 is 35.7 Å². The second-order valence-electron chi connectivity index (χ2n) is 4.56. The number of halogens is 2. The largest absolute Gasteiger partial charge is 0.489 e. The third kappa shape index (κ3) is 2.96. The topological polar surface area (TPSA) is 39.1 Å². The zero-order chi connectivity index (χ0) is 11.8. The van der Waals surface area contributed by atoms with E-state index < -0.39 is 0 Å². The summed E-state index contributed by atoms with van der Waals surface area (Å²) in [4.78, 5) is 0. The number of hydrogen-bond donors (Lipinski definition) is 1. The van der Waals surface area contributed by atoms with Crippen LogP contribution in [0.5, 0.6) is 5.75 Å². The van der Waals surface area contributed by atoms with Crippen LogP contribution in [0, 0.1) is 0 Å². The summed E-state index contributed by atoms with van der Waals surface area (Å²) in [5, 5.41) is 9.12. The third-order valence-corrected chi connectivity index (χ3v) is 3.28. The van der Waals surface area contributed by atoms with Crippen LogP contribution in [0.4, 0.5) is 0 Å². The van der Waals surface area contributed by atoms with Crippen molar-refractivity contribution < 1.29 is 4.74 Å². The van der Waals surface area contributed by atoms with E-state index in [-0.39, 0.29) is 30.9 Å². The summed E-state index contributed by atoms with van der Waals surface area (Å²) >= 11 is 0. The van der Waals surface area contributed by atoms with Gasteiger partial charge in [0.15, 0.2) is 0 Å². The van der Waals surface area contributed by atoms with Gasteiger partial charge < -0.3 is 10.1 Å². The second-order valence-corrected chi connectivity index (χ2v) is 4.56. The van der Waals surface area contributed by atoms with Crippen molar-refractivity contribution in [2.24, 2.45) is 7.05 Å². The Bertz CT molecular complexity index is 556. The fourth-order valence-electron chi connectivity index (χ4n) is 2.33. The highest BCUT2D eigenvalue weighted by molar-refractivity contribution is 5.85. The van der Waals surface area contributed by atoms with Crippen LogP contribution in [0.1, 0.15) is 18.9 Å². The Hall–Kier alpha value is -0.970. The lowest BCUT2D eigenvalue weighted by Crippen LogP contribution is -2.27. The zero-order valence-corrected chi connectivity index (χ0v) is 12.7. The van der Waals surface area contributed by atoms with Crippen LogP contribution < -0.4 is 10.1 Å². The summed E-state index contributed by atoms with van der Waals surface area (Å²) in [5.41, 5.74) is 2.23. The Morgan fingerprint density at radius 1 is 1.42 bits per heavy atom. The van der Waals surface area contributed by atoms with Crippen LogP contribution in [0.3, 0.4) is 0 Å². The molecule has 19 heavy (non-hydrogen) atoms. The second kappa shape index (κ2) is 6.46. The number of benzene rings is 1. The summed E-state index contributed by atoms with van der Waals surface area (Å²) in [5.74, 6) is 0.980. The number of nitrogens with one attached hydrogen (secondary N) is 1. The molecule has 4 nitrogen and oxygen atoms in total. The monoisotopic (exact) mass is 303 g/mol. The van der Waals surface area contributed by atoms with E-state index in [4.69, 9.17) is 4.74 Å². The molecule has 3 rings (SSSR count). The number of rotatable bonds is 1. The molecule has 106 valence electrons. The van der Waals surface area contributed by atoms with E-state index in [1.807, 2.05) is 17.9 Å². The number of nitrogens with zero attached hydrogens (tertiary/aromatic N) is 2. The first-order valence-electron chi connectivity index (χ1n) is 6.10. The van der Waals surface area contributed by atoms with Gasteiger partial charge >= 0.3 is 0 Å². The standard InChI is InChI=1S/C13H17N3O.2ClH/c1-3-10-6-14-7-11-12(17-10)5-4-9-8-16(2)15-13(9)11;;/h4-5,8,10,14H,3,6-7H2,1-2H3;2*1H/t10-;;/m1../s1. The van der Waals surface area contributed by atoms with Crippen molar-refractivity contribution in [3.05, 3.63) is 23.9 Å². The van der Waals surface area contributed by atoms with Crippen LogP contribution in [-0.4, -0.2) is 22.4 Å². The van der Waals surface area contributed by atoms with Gasteiger partial charge in [-0.1, -0.05) is 6.92 Å².